The number of carbonyl (C=O) groups is 1. The van der Waals surface area contributed by atoms with Gasteiger partial charge >= 0.3 is 0 Å². The lowest BCUT2D eigenvalue weighted by Gasteiger charge is -2.24. The summed E-state index contributed by atoms with van der Waals surface area (Å²) in [6, 6.07) is 7.12. The van der Waals surface area contributed by atoms with E-state index in [4.69, 9.17) is 10.5 Å². The topological polar surface area (TPSA) is 52.3 Å². The van der Waals surface area contributed by atoms with Crippen LogP contribution >= 0.6 is 0 Å². The Bertz CT molecular complexity index is 308. The Morgan fingerprint density at radius 3 is 2.62 bits per heavy atom. The van der Waals surface area contributed by atoms with E-state index in [1.165, 1.54) is 7.11 Å². The van der Waals surface area contributed by atoms with Crippen LogP contribution in [0.4, 0.5) is 0 Å². The maximum absolute atomic E-state index is 10.7. The zero-order valence-electron chi connectivity index (χ0n) is 7.78. The maximum Gasteiger partial charge on any atom is 0.150 e. The Hall–Kier alpha value is -1.19. The monoisotopic (exact) mass is 179 g/mol. The van der Waals surface area contributed by atoms with Crippen molar-refractivity contribution in [3.05, 3.63) is 35.4 Å². The molecule has 70 valence electrons. The molecule has 0 amide bonds. The van der Waals surface area contributed by atoms with Gasteiger partial charge in [-0.2, -0.15) is 0 Å². The van der Waals surface area contributed by atoms with E-state index in [1.54, 1.807) is 25.1 Å². The van der Waals surface area contributed by atoms with E-state index >= 15 is 0 Å². The van der Waals surface area contributed by atoms with Crippen molar-refractivity contribution in [3.8, 4) is 0 Å². The van der Waals surface area contributed by atoms with Crippen LogP contribution in [0.1, 0.15) is 22.8 Å². The smallest absolute Gasteiger partial charge is 0.150 e. The summed E-state index contributed by atoms with van der Waals surface area (Å²) in [7, 11) is 1.52. The van der Waals surface area contributed by atoms with E-state index in [0.717, 1.165) is 6.29 Å². The van der Waals surface area contributed by atoms with Crippen LogP contribution in [0, 0.1) is 0 Å². The fourth-order valence-corrected chi connectivity index (χ4v) is 1.16. The zero-order chi connectivity index (χ0) is 9.90. The van der Waals surface area contributed by atoms with Crippen LogP contribution in [-0.2, 0) is 10.5 Å². The van der Waals surface area contributed by atoms with Crippen LogP contribution in [0.3, 0.4) is 0 Å². The normalized spacial score (nSPS) is 15.0. The second-order valence-electron chi connectivity index (χ2n) is 3.02. The maximum atomic E-state index is 10.7. The molecular formula is C10H13NO2. The molecule has 0 heterocycles. The lowest BCUT2D eigenvalue weighted by Crippen LogP contribution is -2.35. The fourth-order valence-electron chi connectivity index (χ4n) is 1.16. The van der Waals surface area contributed by atoms with E-state index in [1.807, 2.05) is 6.07 Å². The number of nitrogens with two attached hydrogens (primary N) is 1. The molecule has 1 aromatic carbocycles. The van der Waals surface area contributed by atoms with E-state index in [2.05, 4.69) is 0 Å². The van der Waals surface area contributed by atoms with Crippen molar-refractivity contribution in [1.29, 1.82) is 0 Å². The average Bonchev–Trinajstić information content (AvgIpc) is 2.18. The summed E-state index contributed by atoms with van der Waals surface area (Å²) in [5, 5.41) is 0. The predicted octanol–water partition coefficient (Wildman–Crippen LogP) is 1.28. The molecule has 0 fully saturated rings. The summed E-state index contributed by atoms with van der Waals surface area (Å²) >= 11 is 0. The highest BCUT2D eigenvalue weighted by Crippen LogP contribution is 2.20. The molecule has 2 N–H and O–H groups in total. The van der Waals surface area contributed by atoms with Crippen LogP contribution in [0.25, 0.3) is 0 Å². The van der Waals surface area contributed by atoms with Crippen molar-refractivity contribution < 1.29 is 9.53 Å². The minimum absolute atomic E-state index is 0.564. The number of benzene rings is 1. The number of methoxy groups -OCH3 is 1. The van der Waals surface area contributed by atoms with Gasteiger partial charge in [0.1, 0.15) is 12.0 Å². The third kappa shape index (κ3) is 1.94. The molecule has 1 rings (SSSR count). The molecule has 1 aromatic rings. The first kappa shape index (κ1) is 9.89. The second kappa shape index (κ2) is 3.68. The van der Waals surface area contributed by atoms with Crippen LogP contribution < -0.4 is 5.73 Å². The van der Waals surface area contributed by atoms with Crippen molar-refractivity contribution in [3.63, 3.8) is 0 Å². The molecular weight excluding hydrogens is 166 g/mol. The SMILES string of the molecule is CO[C@](C)(N)c1ccccc1C=O. The molecule has 3 nitrogen and oxygen atoms in total. The van der Waals surface area contributed by atoms with Gasteiger partial charge in [0.15, 0.2) is 0 Å². The van der Waals surface area contributed by atoms with Crippen molar-refractivity contribution in [2.75, 3.05) is 7.11 Å². The Labute approximate surface area is 77.5 Å². The number of aldehydes is 1. The molecule has 3 heteroatoms. The van der Waals surface area contributed by atoms with E-state index in [-0.39, 0.29) is 0 Å². The van der Waals surface area contributed by atoms with Crippen molar-refractivity contribution in [1.82, 2.24) is 0 Å². The average molecular weight is 179 g/mol. The van der Waals surface area contributed by atoms with Crippen molar-refractivity contribution >= 4 is 6.29 Å². The molecule has 0 saturated heterocycles. The summed E-state index contributed by atoms with van der Waals surface area (Å²) in [5.41, 5.74) is 6.19. The minimum atomic E-state index is -0.905. The summed E-state index contributed by atoms with van der Waals surface area (Å²) in [6.45, 7) is 1.72. The lowest BCUT2D eigenvalue weighted by atomic mass is 10.00. The number of rotatable bonds is 3. The number of hydrogen-bond donors (Lipinski definition) is 1. The molecule has 0 saturated carbocycles. The second-order valence-corrected chi connectivity index (χ2v) is 3.02. The Kier molecular flexibility index (Phi) is 2.80. The summed E-state index contributed by atoms with van der Waals surface area (Å²) in [6.07, 6.45) is 0.777. The highest BCUT2D eigenvalue weighted by atomic mass is 16.5. The van der Waals surface area contributed by atoms with Gasteiger partial charge in [0.25, 0.3) is 0 Å². The quantitative estimate of drug-likeness (QED) is 0.561. The number of carbonyl (C=O) groups excluding carboxylic acids is 1. The fraction of sp³-hybridized carbons (Fsp3) is 0.300. The van der Waals surface area contributed by atoms with E-state index in [0.29, 0.717) is 11.1 Å². The lowest BCUT2D eigenvalue weighted by molar-refractivity contribution is 0.00720. The predicted molar refractivity (Wildman–Crippen MR) is 50.4 cm³/mol. The molecule has 0 aliphatic rings. The van der Waals surface area contributed by atoms with Crippen LogP contribution in [0.15, 0.2) is 24.3 Å². The zero-order valence-corrected chi connectivity index (χ0v) is 7.78. The largest absolute Gasteiger partial charge is 0.360 e. The van der Waals surface area contributed by atoms with Gasteiger partial charge in [-0.3, -0.25) is 10.5 Å². The standard InChI is InChI=1S/C10H13NO2/c1-10(11,13-2)9-6-4-3-5-8(9)7-12/h3-7H,11H2,1-2H3/t10-/m0/s1. The highest BCUT2D eigenvalue weighted by molar-refractivity contribution is 5.77. The number of ether oxygens (including phenoxy) is 1. The third-order valence-electron chi connectivity index (χ3n) is 2.05. The van der Waals surface area contributed by atoms with Crippen molar-refractivity contribution in [2.45, 2.75) is 12.6 Å². The van der Waals surface area contributed by atoms with Crippen LogP contribution in [0.2, 0.25) is 0 Å². The van der Waals surface area contributed by atoms with E-state index in [9.17, 15) is 4.79 Å². The molecule has 0 spiro atoms. The van der Waals surface area contributed by atoms with Gasteiger partial charge in [-0.05, 0) is 6.92 Å². The van der Waals surface area contributed by atoms with Gasteiger partial charge in [0, 0.05) is 18.2 Å². The molecule has 0 aromatic heterocycles. The highest BCUT2D eigenvalue weighted by Gasteiger charge is 2.22. The minimum Gasteiger partial charge on any atom is -0.360 e. The van der Waals surface area contributed by atoms with Crippen LogP contribution in [-0.4, -0.2) is 13.4 Å². The first-order valence-corrected chi connectivity index (χ1v) is 4.00. The summed E-state index contributed by atoms with van der Waals surface area (Å²) in [4.78, 5) is 10.7. The van der Waals surface area contributed by atoms with E-state index < -0.39 is 5.72 Å². The molecule has 0 aliphatic heterocycles. The Morgan fingerprint density at radius 1 is 1.46 bits per heavy atom. The molecule has 0 unspecified atom stereocenters. The van der Waals surface area contributed by atoms with Gasteiger partial charge in [-0.25, -0.2) is 0 Å². The first-order valence-electron chi connectivity index (χ1n) is 4.00. The van der Waals surface area contributed by atoms with Gasteiger partial charge in [-0.15, -0.1) is 0 Å². The Balaban J connectivity index is 3.20. The first-order chi connectivity index (χ1) is 6.11. The molecule has 0 radical (unpaired) electrons. The molecule has 13 heavy (non-hydrogen) atoms. The third-order valence-corrected chi connectivity index (χ3v) is 2.05. The molecule has 0 aliphatic carbocycles. The summed E-state index contributed by atoms with van der Waals surface area (Å²) < 4.78 is 5.09. The van der Waals surface area contributed by atoms with Gasteiger partial charge in [0.05, 0.1) is 0 Å². The van der Waals surface area contributed by atoms with Crippen LogP contribution in [0.5, 0.6) is 0 Å². The molecule has 1 atom stereocenters. The van der Waals surface area contributed by atoms with Gasteiger partial charge in [-0.1, -0.05) is 24.3 Å². The number of hydrogen-bond acceptors (Lipinski definition) is 3. The Morgan fingerprint density at radius 2 is 2.08 bits per heavy atom. The van der Waals surface area contributed by atoms with Gasteiger partial charge < -0.3 is 4.74 Å². The van der Waals surface area contributed by atoms with Gasteiger partial charge in [0.2, 0.25) is 0 Å². The molecule has 0 bridgehead atoms. The van der Waals surface area contributed by atoms with Crippen molar-refractivity contribution in [2.24, 2.45) is 5.73 Å². The summed E-state index contributed by atoms with van der Waals surface area (Å²) in [5.74, 6) is 0.